The molecule has 0 spiro atoms. The van der Waals surface area contributed by atoms with Gasteiger partial charge in [-0.05, 0) is 68.1 Å². The summed E-state index contributed by atoms with van der Waals surface area (Å²) in [4.78, 5) is 24.0. The number of carbonyl (C=O) groups is 2. The lowest BCUT2D eigenvalue weighted by atomic mass is 10.0. The van der Waals surface area contributed by atoms with E-state index in [4.69, 9.17) is 4.74 Å². The van der Waals surface area contributed by atoms with Crippen molar-refractivity contribution in [1.82, 2.24) is 0 Å². The summed E-state index contributed by atoms with van der Waals surface area (Å²) in [6, 6.07) is 11.2. The highest BCUT2D eigenvalue weighted by Gasteiger charge is 2.11. The molecule has 0 fully saturated rings. The van der Waals surface area contributed by atoms with Crippen LogP contribution in [0, 0.1) is 20.8 Å². The predicted molar refractivity (Wildman–Crippen MR) is 95.4 cm³/mol. The summed E-state index contributed by atoms with van der Waals surface area (Å²) in [5, 5.41) is 2.90. The van der Waals surface area contributed by atoms with Gasteiger partial charge in [0.25, 0.3) is 0 Å². The fourth-order valence-electron chi connectivity index (χ4n) is 2.44. The third kappa shape index (κ3) is 4.44. The van der Waals surface area contributed by atoms with E-state index in [2.05, 4.69) is 5.32 Å². The van der Waals surface area contributed by atoms with Gasteiger partial charge in [0.1, 0.15) is 0 Å². The molecule has 4 nitrogen and oxygen atoms in total. The molecule has 2 aromatic carbocycles. The van der Waals surface area contributed by atoms with Gasteiger partial charge in [-0.15, -0.1) is 0 Å². The number of anilines is 1. The fourth-order valence-corrected chi connectivity index (χ4v) is 2.44. The van der Waals surface area contributed by atoms with Gasteiger partial charge in [0.05, 0.1) is 18.6 Å². The zero-order chi connectivity index (χ0) is 17.7. The number of ether oxygens (including phenoxy) is 1. The molecule has 0 atom stereocenters. The van der Waals surface area contributed by atoms with Crippen molar-refractivity contribution in [2.24, 2.45) is 0 Å². The van der Waals surface area contributed by atoms with Crippen molar-refractivity contribution in [3.05, 3.63) is 64.2 Å². The van der Waals surface area contributed by atoms with E-state index in [0.29, 0.717) is 24.3 Å². The number of rotatable bonds is 5. The second kappa shape index (κ2) is 7.77. The van der Waals surface area contributed by atoms with Gasteiger partial charge < -0.3 is 10.1 Å². The molecule has 2 rings (SSSR count). The molecule has 0 aliphatic carbocycles. The van der Waals surface area contributed by atoms with E-state index in [-0.39, 0.29) is 11.9 Å². The van der Waals surface area contributed by atoms with Crippen molar-refractivity contribution in [3.8, 4) is 0 Å². The Bertz CT molecular complexity index is 765. The highest BCUT2D eigenvalue weighted by atomic mass is 16.5. The highest BCUT2D eigenvalue weighted by Crippen LogP contribution is 2.18. The first kappa shape index (κ1) is 17.7. The normalized spacial score (nSPS) is 10.3. The first-order valence-corrected chi connectivity index (χ1v) is 8.04. The maximum Gasteiger partial charge on any atom is 0.338 e. The van der Waals surface area contributed by atoms with E-state index in [0.717, 1.165) is 11.1 Å². The molecule has 0 aromatic heterocycles. The maximum atomic E-state index is 12.2. The lowest BCUT2D eigenvalue weighted by molar-refractivity contribution is -0.115. The second-order valence-corrected chi connectivity index (χ2v) is 5.89. The van der Waals surface area contributed by atoms with E-state index < -0.39 is 0 Å². The van der Waals surface area contributed by atoms with Crippen LogP contribution in [0.5, 0.6) is 0 Å². The summed E-state index contributed by atoms with van der Waals surface area (Å²) in [5.41, 5.74) is 5.39. The minimum Gasteiger partial charge on any atom is -0.462 e. The maximum absolute atomic E-state index is 12.2. The molecule has 0 radical (unpaired) electrons. The number of aryl methyl sites for hydroxylation is 3. The van der Waals surface area contributed by atoms with Crippen LogP contribution >= 0.6 is 0 Å². The summed E-state index contributed by atoms with van der Waals surface area (Å²) in [6.07, 6.45) is 0.320. The van der Waals surface area contributed by atoms with E-state index >= 15 is 0 Å². The standard InChI is InChI=1S/C20H23NO3/c1-5-24-20(23)17-8-9-18(15(4)11-17)21-19(22)12-16-7-6-13(2)14(3)10-16/h6-11H,5,12H2,1-4H3,(H,21,22). The Balaban J connectivity index is 2.06. The lowest BCUT2D eigenvalue weighted by Crippen LogP contribution is -2.15. The van der Waals surface area contributed by atoms with Crippen molar-refractivity contribution in [1.29, 1.82) is 0 Å². The van der Waals surface area contributed by atoms with Gasteiger partial charge >= 0.3 is 5.97 Å². The van der Waals surface area contributed by atoms with Gasteiger partial charge in [0.15, 0.2) is 0 Å². The molecule has 24 heavy (non-hydrogen) atoms. The third-order valence-electron chi connectivity index (χ3n) is 3.95. The molecular formula is C20H23NO3. The molecule has 1 N–H and O–H groups in total. The van der Waals surface area contributed by atoms with Crippen LogP contribution < -0.4 is 5.32 Å². The van der Waals surface area contributed by atoms with Crippen LogP contribution in [-0.4, -0.2) is 18.5 Å². The summed E-state index contributed by atoms with van der Waals surface area (Å²) in [7, 11) is 0. The lowest BCUT2D eigenvalue weighted by Gasteiger charge is -2.11. The number of hydrogen-bond acceptors (Lipinski definition) is 3. The fraction of sp³-hybridized carbons (Fsp3) is 0.300. The molecule has 0 bridgehead atoms. The number of esters is 1. The second-order valence-electron chi connectivity index (χ2n) is 5.89. The van der Waals surface area contributed by atoms with Crippen molar-refractivity contribution in [3.63, 3.8) is 0 Å². The van der Waals surface area contributed by atoms with Crippen LogP contribution in [0.3, 0.4) is 0 Å². The van der Waals surface area contributed by atoms with Crippen LogP contribution in [0.2, 0.25) is 0 Å². The van der Waals surface area contributed by atoms with Crippen molar-refractivity contribution in [2.45, 2.75) is 34.1 Å². The Morgan fingerprint density at radius 3 is 2.33 bits per heavy atom. The SMILES string of the molecule is CCOC(=O)c1ccc(NC(=O)Cc2ccc(C)c(C)c2)c(C)c1. The van der Waals surface area contributed by atoms with Crippen LogP contribution in [0.4, 0.5) is 5.69 Å². The van der Waals surface area contributed by atoms with Gasteiger partial charge in [-0.2, -0.15) is 0 Å². The van der Waals surface area contributed by atoms with Gasteiger partial charge in [0, 0.05) is 5.69 Å². The first-order valence-electron chi connectivity index (χ1n) is 8.04. The number of nitrogens with one attached hydrogen (secondary N) is 1. The molecule has 0 aliphatic rings. The highest BCUT2D eigenvalue weighted by molar-refractivity contribution is 5.95. The Labute approximate surface area is 142 Å². The smallest absolute Gasteiger partial charge is 0.338 e. The van der Waals surface area contributed by atoms with Gasteiger partial charge in [-0.3, -0.25) is 4.79 Å². The molecule has 0 aliphatic heterocycles. The van der Waals surface area contributed by atoms with Gasteiger partial charge in [-0.25, -0.2) is 4.79 Å². The average molecular weight is 325 g/mol. The Kier molecular flexibility index (Phi) is 5.74. The zero-order valence-electron chi connectivity index (χ0n) is 14.6. The quantitative estimate of drug-likeness (QED) is 0.846. The molecule has 0 heterocycles. The van der Waals surface area contributed by atoms with E-state index in [1.165, 1.54) is 11.1 Å². The average Bonchev–Trinajstić information content (AvgIpc) is 2.53. The van der Waals surface area contributed by atoms with E-state index in [9.17, 15) is 9.59 Å². The predicted octanol–water partition coefficient (Wildman–Crippen LogP) is 3.97. The Hall–Kier alpha value is -2.62. The molecule has 126 valence electrons. The van der Waals surface area contributed by atoms with Gasteiger partial charge in [-0.1, -0.05) is 18.2 Å². The van der Waals surface area contributed by atoms with Crippen LogP contribution in [0.15, 0.2) is 36.4 Å². The van der Waals surface area contributed by atoms with Crippen molar-refractivity contribution >= 4 is 17.6 Å². The summed E-state index contributed by atoms with van der Waals surface area (Å²) in [6.45, 7) is 8.05. The van der Waals surface area contributed by atoms with Crippen molar-refractivity contribution in [2.75, 3.05) is 11.9 Å². The zero-order valence-corrected chi connectivity index (χ0v) is 14.6. The number of amides is 1. The summed E-state index contributed by atoms with van der Waals surface area (Å²) < 4.78 is 4.98. The minimum absolute atomic E-state index is 0.0785. The summed E-state index contributed by atoms with van der Waals surface area (Å²) in [5.74, 6) is -0.432. The molecular weight excluding hydrogens is 302 g/mol. The van der Waals surface area contributed by atoms with Gasteiger partial charge in [0.2, 0.25) is 5.91 Å². The van der Waals surface area contributed by atoms with E-state index in [1.807, 2.05) is 39.0 Å². The van der Waals surface area contributed by atoms with Crippen LogP contribution in [0.1, 0.15) is 39.5 Å². The van der Waals surface area contributed by atoms with Crippen molar-refractivity contribution < 1.29 is 14.3 Å². The Morgan fingerprint density at radius 2 is 1.71 bits per heavy atom. The largest absolute Gasteiger partial charge is 0.462 e. The molecule has 0 saturated carbocycles. The monoisotopic (exact) mass is 325 g/mol. The first-order chi connectivity index (χ1) is 11.4. The number of hydrogen-bond donors (Lipinski definition) is 1. The topological polar surface area (TPSA) is 55.4 Å². The van der Waals surface area contributed by atoms with Crippen LogP contribution in [0.25, 0.3) is 0 Å². The molecule has 4 heteroatoms. The number of carbonyl (C=O) groups excluding carboxylic acids is 2. The van der Waals surface area contributed by atoms with Crippen LogP contribution in [-0.2, 0) is 16.0 Å². The summed E-state index contributed by atoms with van der Waals surface area (Å²) >= 11 is 0. The molecule has 0 saturated heterocycles. The minimum atomic E-state index is -0.353. The Morgan fingerprint density at radius 1 is 0.958 bits per heavy atom. The molecule has 1 amide bonds. The molecule has 0 unspecified atom stereocenters. The molecule has 2 aromatic rings. The third-order valence-corrected chi connectivity index (χ3v) is 3.95. The van der Waals surface area contributed by atoms with E-state index in [1.54, 1.807) is 25.1 Å². The number of benzene rings is 2.